The monoisotopic (exact) mass is 234 g/mol. The van der Waals surface area contributed by atoms with Crippen LogP contribution in [0.15, 0.2) is 30.3 Å². The number of hydrogen-bond donors (Lipinski definition) is 2. The summed E-state index contributed by atoms with van der Waals surface area (Å²) in [6.07, 6.45) is 2.33. The van der Waals surface area contributed by atoms with Crippen LogP contribution in [0.25, 0.3) is 0 Å². The van der Waals surface area contributed by atoms with Crippen molar-refractivity contribution in [2.75, 3.05) is 26.7 Å². The van der Waals surface area contributed by atoms with E-state index >= 15 is 0 Å². The summed E-state index contributed by atoms with van der Waals surface area (Å²) < 4.78 is 0. The van der Waals surface area contributed by atoms with Gasteiger partial charge in [0.15, 0.2) is 0 Å². The third-order valence-corrected chi connectivity index (χ3v) is 3.54. The molecule has 0 bridgehead atoms. The molecule has 17 heavy (non-hydrogen) atoms. The second kappa shape index (κ2) is 6.15. The highest BCUT2D eigenvalue weighted by Crippen LogP contribution is 2.16. The Morgan fingerprint density at radius 1 is 1.29 bits per heavy atom. The summed E-state index contributed by atoms with van der Waals surface area (Å²) in [5.41, 5.74) is 1.17. The van der Waals surface area contributed by atoms with Crippen LogP contribution in [0.2, 0.25) is 0 Å². The van der Waals surface area contributed by atoms with Crippen molar-refractivity contribution in [2.45, 2.75) is 24.9 Å². The molecule has 0 radical (unpaired) electrons. The van der Waals surface area contributed by atoms with Crippen LogP contribution in [0, 0.1) is 0 Å². The van der Waals surface area contributed by atoms with E-state index in [-0.39, 0.29) is 12.6 Å². The first-order valence-electron chi connectivity index (χ1n) is 6.40. The number of nitrogens with one attached hydrogen (secondary N) is 1. The third kappa shape index (κ3) is 3.53. The molecule has 1 fully saturated rings. The molecule has 0 unspecified atom stereocenters. The average molecular weight is 234 g/mol. The number of likely N-dealkylation sites (tertiary alicyclic amines) is 1. The lowest BCUT2D eigenvalue weighted by Crippen LogP contribution is -2.43. The van der Waals surface area contributed by atoms with Gasteiger partial charge in [0.25, 0.3) is 0 Å². The lowest BCUT2D eigenvalue weighted by Gasteiger charge is -2.32. The molecule has 1 atom stereocenters. The number of benzene rings is 1. The summed E-state index contributed by atoms with van der Waals surface area (Å²) in [6, 6.07) is 10.8. The van der Waals surface area contributed by atoms with E-state index in [0.717, 1.165) is 13.1 Å². The molecular formula is C14H22N2O. The van der Waals surface area contributed by atoms with Crippen molar-refractivity contribution < 1.29 is 5.11 Å². The predicted molar refractivity (Wildman–Crippen MR) is 69.9 cm³/mol. The topological polar surface area (TPSA) is 35.5 Å². The van der Waals surface area contributed by atoms with Crippen LogP contribution in [0.1, 0.15) is 24.4 Å². The number of nitrogens with zero attached hydrogens (tertiary/aromatic N) is 1. The third-order valence-electron chi connectivity index (χ3n) is 3.54. The van der Waals surface area contributed by atoms with E-state index in [2.05, 4.69) is 29.4 Å². The summed E-state index contributed by atoms with van der Waals surface area (Å²) in [6.45, 7) is 2.45. The van der Waals surface area contributed by atoms with E-state index in [0.29, 0.717) is 6.04 Å². The molecule has 1 aromatic carbocycles. The minimum Gasteiger partial charge on any atom is -0.394 e. The van der Waals surface area contributed by atoms with E-state index in [9.17, 15) is 5.11 Å². The normalized spacial score (nSPS) is 20.4. The molecule has 94 valence electrons. The minimum atomic E-state index is 0.0737. The molecule has 1 aromatic rings. The fourth-order valence-corrected chi connectivity index (χ4v) is 2.40. The fraction of sp³-hybridized carbons (Fsp3) is 0.571. The van der Waals surface area contributed by atoms with Crippen molar-refractivity contribution in [3.63, 3.8) is 0 Å². The first-order valence-corrected chi connectivity index (χ1v) is 6.40. The smallest absolute Gasteiger partial charge is 0.0626 e. The molecule has 1 saturated heterocycles. The zero-order chi connectivity index (χ0) is 12.1. The van der Waals surface area contributed by atoms with Crippen LogP contribution >= 0.6 is 0 Å². The number of aliphatic hydroxyl groups excluding tert-OH is 1. The van der Waals surface area contributed by atoms with Gasteiger partial charge in [-0.15, -0.1) is 0 Å². The maximum absolute atomic E-state index is 9.49. The molecule has 0 spiro atoms. The predicted octanol–water partition coefficient (Wildman–Crippen LogP) is 1.40. The number of piperidine rings is 1. The SMILES string of the molecule is CN1CCC(N[C@H](CO)c2ccccc2)CC1. The van der Waals surface area contributed by atoms with Crippen LogP contribution < -0.4 is 5.32 Å². The maximum Gasteiger partial charge on any atom is 0.0626 e. The molecule has 2 rings (SSSR count). The minimum absolute atomic E-state index is 0.0737. The Morgan fingerprint density at radius 2 is 1.94 bits per heavy atom. The zero-order valence-electron chi connectivity index (χ0n) is 10.5. The molecule has 0 amide bonds. The van der Waals surface area contributed by atoms with Crippen molar-refractivity contribution in [3.8, 4) is 0 Å². The summed E-state index contributed by atoms with van der Waals surface area (Å²) in [5.74, 6) is 0. The molecule has 0 saturated carbocycles. The average Bonchev–Trinajstić information content (AvgIpc) is 2.39. The Morgan fingerprint density at radius 3 is 2.53 bits per heavy atom. The van der Waals surface area contributed by atoms with Gasteiger partial charge in [0.1, 0.15) is 0 Å². The van der Waals surface area contributed by atoms with Crippen LogP contribution in [0.5, 0.6) is 0 Å². The molecule has 1 aliphatic heterocycles. The van der Waals surface area contributed by atoms with Crippen LogP contribution in [-0.4, -0.2) is 42.8 Å². The van der Waals surface area contributed by atoms with Gasteiger partial charge < -0.3 is 15.3 Å². The van der Waals surface area contributed by atoms with Crippen molar-refractivity contribution in [2.24, 2.45) is 0 Å². The Balaban J connectivity index is 1.92. The van der Waals surface area contributed by atoms with Crippen LogP contribution in [-0.2, 0) is 0 Å². The second-order valence-electron chi connectivity index (χ2n) is 4.89. The van der Waals surface area contributed by atoms with E-state index in [1.54, 1.807) is 0 Å². The van der Waals surface area contributed by atoms with E-state index in [1.807, 2.05) is 18.2 Å². The molecule has 3 nitrogen and oxygen atoms in total. The molecule has 3 heteroatoms. The van der Waals surface area contributed by atoms with Gasteiger partial charge >= 0.3 is 0 Å². The molecule has 0 aromatic heterocycles. The Kier molecular flexibility index (Phi) is 4.54. The first kappa shape index (κ1) is 12.6. The number of hydrogen-bond acceptors (Lipinski definition) is 3. The van der Waals surface area contributed by atoms with Gasteiger partial charge in [0, 0.05) is 6.04 Å². The molecule has 0 aliphatic carbocycles. The number of aliphatic hydroxyl groups is 1. The van der Waals surface area contributed by atoms with Crippen LogP contribution in [0.3, 0.4) is 0 Å². The summed E-state index contributed by atoms with van der Waals surface area (Å²) in [7, 11) is 2.16. The van der Waals surface area contributed by atoms with Crippen molar-refractivity contribution in [1.82, 2.24) is 10.2 Å². The van der Waals surface area contributed by atoms with Gasteiger partial charge in [-0.2, -0.15) is 0 Å². The molecule has 1 aliphatic rings. The molecule has 1 heterocycles. The van der Waals surface area contributed by atoms with E-state index < -0.39 is 0 Å². The van der Waals surface area contributed by atoms with Gasteiger partial charge in [-0.05, 0) is 38.5 Å². The van der Waals surface area contributed by atoms with Crippen molar-refractivity contribution in [1.29, 1.82) is 0 Å². The Bertz CT molecular complexity index is 320. The Hall–Kier alpha value is -0.900. The first-order chi connectivity index (χ1) is 8.29. The fourth-order valence-electron chi connectivity index (χ4n) is 2.40. The van der Waals surface area contributed by atoms with Gasteiger partial charge in [0.2, 0.25) is 0 Å². The van der Waals surface area contributed by atoms with Gasteiger partial charge in [0.05, 0.1) is 12.6 Å². The van der Waals surface area contributed by atoms with Gasteiger partial charge in [-0.1, -0.05) is 30.3 Å². The largest absolute Gasteiger partial charge is 0.394 e. The van der Waals surface area contributed by atoms with Crippen LogP contribution in [0.4, 0.5) is 0 Å². The zero-order valence-corrected chi connectivity index (χ0v) is 10.5. The van der Waals surface area contributed by atoms with Crippen molar-refractivity contribution >= 4 is 0 Å². The summed E-state index contributed by atoms with van der Waals surface area (Å²) in [4.78, 5) is 2.36. The second-order valence-corrected chi connectivity index (χ2v) is 4.89. The summed E-state index contributed by atoms with van der Waals surface area (Å²) >= 11 is 0. The van der Waals surface area contributed by atoms with Gasteiger partial charge in [-0.3, -0.25) is 0 Å². The highest BCUT2D eigenvalue weighted by atomic mass is 16.3. The highest BCUT2D eigenvalue weighted by molar-refractivity contribution is 5.19. The quantitative estimate of drug-likeness (QED) is 0.826. The molecule has 2 N–H and O–H groups in total. The van der Waals surface area contributed by atoms with E-state index in [1.165, 1.54) is 18.4 Å². The highest BCUT2D eigenvalue weighted by Gasteiger charge is 2.20. The lowest BCUT2D eigenvalue weighted by molar-refractivity contribution is 0.191. The number of rotatable bonds is 4. The summed E-state index contributed by atoms with van der Waals surface area (Å²) in [5, 5.41) is 13.1. The molecular weight excluding hydrogens is 212 g/mol. The lowest BCUT2D eigenvalue weighted by atomic mass is 10.0. The van der Waals surface area contributed by atoms with Crippen molar-refractivity contribution in [3.05, 3.63) is 35.9 Å². The standard InChI is InChI=1S/C14H22N2O/c1-16-9-7-13(8-10-16)15-14(11-17)12-5-3-2-4-6-12/h2-6,13-15,17H,7-11H2,1H3/t14-/m1/s1. The van der Waals surface area contributed by atoms with E-state index in [4.69, 9.17) is 0 Å². The maximum atomic E-state index is 9.49. The Labute approximate surface area is 103 Å². The van der Waals surface area contributed by atoms with Gasteiger partial charge in [-0.25, -0.2) is 0 Å².